The summed E-state index contributed by atoms with van der Waals surface area (Å²) in [7, 11) is 0. The van der Waals surface area contributed by atoms with E-state index in [9.17, 15) is 9.59 Å². The third kappa shape index (κ3) is 1.96. The molecule has 1 atom stereocenters. The van der Waals surface area contributed by atoms with E-state index >= 15 is 0 Å². The molecule has 21 heavy (non-hydrogen) atoms. The van der Waals surface area contributed by atoms with E-state index in [2.05, 4.69) is 10.2 Å². The minimum absolute atomic E-state index is 0.0783. The van der Waals surface area contributed by atoms with Gasteiger partial charge in [0.1, 0.15) is 5.60 Å². The van der Waals surface area contributed by atoms with Crippen LogP contribution in [-0.4, -0.2) is 39.1 Å². The van der Waals surface area contributed by atoms with E-state index < -0.39 is 5.60 Å². The van der Waals surface area contributed by atoms with Crippen LogP contribution in [0.1, 0.15) is 43.4 Å². The minimum atomic E-state index is -0.509. The molecule has 112 valence electrons. The van der Waals surface area contributed by atoms with Crippen LogP contribution in [0.25, 0.3) is 0 Å². The second kappa shape index (κ2) is 4.58. The summed E-state index contributed by atoms with van der Waals surface area (Å²) in [5, 5.41) is 7.01. The van der Waals surface area contributed by atoms with E-state index in [1.54, 1.807) is 6.20 Å². The molecule has 1 aromatic rings. The minimum Gasteiger partial charge on any atom is -0.458 e. The fraction of sp³-hybridized carbons (Fsp3) is 0.667. The van der Waals surface area contributed by atoms with E-state index in [-0.39, 0.29) is 24.2 Å². The third-order valence-corrected chi connectivity index (χ3v) is 5.18. The molecule has 4 rings (SSSR count). The number of rotatable bonds is 1. The fourth-order valence-electron chi connectivity index (χ4n) is 4.06. The van der Waals surface area contributed by atoms with E-state index in [0.29, 0.717) is 13.1 Å². The van der Waals surface area contributed by atoms with Crippen molar-refractivity contribution in [3.8, 4) is 0 Å². The Bertz CT molecular complexity index is 589. The molecular formula is C15H19N3O3. The second-order valence-corrected chi connectivity index (χ2v) is 6.39. The van der Waals surface area contributed by atoms with E-state index in [1.807, 2.05) is 4.90 Å². The second-order valence-electron chi connectivity index (χ2n) is 6.39. The van der Waals surface area contributed by atoms with Crippen molar-refractivity contribution in [2.75, 3.05) is 6.54 Å². The Hall–Kier alpha value is -1.85. The topological polar surface area (TPSA) is 75.3 Å². The predicted molar refractivity (Wildman–Crippen MR) is 73.1 cm³/mol. The third-order valence-electron chi connectivity index (χ3n) is 5.18. The first kappa shape index (κ1) is 12.9. The lowest BCUT2D eigenvalue weighted by Crippen LogP contribution is -2.46. The van der Waals surface area contributed by atoms with Crippen LogP contribution < -0.4 is 0 Å². The van der Waals surface area contributed by atoms with E-state index in [4.69, 9.17) is 4.74 Å². The van der Waals surface area contributed by atoms with Crippen LogP contribution in [0.5, 0.6) is 0 Å². The lowest BCUT2D eigenvalue weighted by atomic mass is 9.84. The van der Waals surface area contributed by atoms with Crippen molar-refractivity contribution in [3.05, 3.63) is 17.5 Å². The number of nitrogens with one attached hydrogen (secondary N) is 1. The Balaban J connectivity index is 1.56. The van der Waals surface area contributed by atoms with Crippen LogP contribution in [0, 0.1) is 5.92 Å². The van der Waals surface area contributed by atoms with E-state index in [0.717, 1.165) is 43.4 Å². The maximum absolute atomic E-state index is 12.9. The Kier molecular flexibility index (Phi) is 2.80. The highest BCUT2D eigenvalue weighted by Gasteiger charge is 2.54. The van der Waals surface area contributed by atoms with Crippen molar-refractivity contribution in [2.24, 2.45) is 5.92 Å². The predicted octanol–water partition coefficient (Wildman–Crippen LogP) is 1.17. The Morgan fingerprint density at radius 3 is 3.05 bits per heavy atom. The number of hydrogen-bond acceptors (Lipinski definition) is 4. The fourth-order valence-corrected chi connectivity index (χ4v) is 4.06. The van der Waals surface area contributed by atoms with Gasteiger partial charge < -0.3 is 9.64 Å². The zero-order chi connectivity index (χ0) is 14.4. The Morgan fingerprint density at radius 1 is 1.43 bits per heavy atom. The largest absolute Gasteiger partial charge is 0.458 e. The molecule has 2 fully saturated rings. The molecule has 3 heterocycles. The van der Waals surface area contributed by atoms with Gasteiger partial charge in [0, 0.05) is 30.8 Å². The molecule has 2 aliphatic heterocycles. The van der Waals surface area contributed by atoms with Crippen LogP contribution in [0.4, 0.5) is 0 Å². The van der Waals surface area contributed by atoms with Crippen LogP contribution in [0.15, 0.2) is 6.20 Å². The average Bonchev–Trinajstić information content (AvgIpc) is 3.18. The molecule has 1 aromatic heterocycles. The Labute approximate surface area is 122 Å². The van der Waals surface area contributed by atoms with Gasteiger partial charge in [-0.3, -0.25) is 14.7 Å². The summed E-state index contributed by atoms with van der Waals surface area (Å²) in [6.45, 7) is 1.28. The lowest BCUT2D eigenvalue weighted by molar-refractivity contribution is -0.152. The number of carbonyl (C=O) groups is 2. The highest BCUT2D eigenvalue weighted by atomic mass is 16.6. The lowest BCUT2D eigenvalue weighted by Gasteiger charge is -2.34. The first-order chi connectivity index (χ1) is 10.2. The summed E-state index contributed by atoms with van der Waals surface area (Å²) in [6, 6.07) is 0. The van der Waals surface area contributed by atoms with Gasteiger partial charge in [-0.1, -0.05) is 0 Å². The number of aromatic nitrogens is 2. The van der Waals surface area contributed by atoms with Crippen molar-refractivity contribution >= 4 is 11.9 Å². The number of aromatic amines is 1. The first-order valence-corrected chi connectivity index (χ1v) is 7.70. The number of ether oxygens (including phenoxy) is 1. The monoisotopic (exact) mass is 289 g/mol. The number of amides is 1. The molecule has 1 aliphatic carbocycles. The van der Waals surface area contributed by atoms with Crippen molar-refractivity contribution in [1.29, 1.82) is 0 Å². The van der Waals surface area contributed by atoms with Crippen molar-refractivity contribution in [1.82, 2.24) is 15.1 Å². The van der Waals surface area contributed by atoms with Crippen molar-refractivity contribution < 1.29 is 14.3 Å². The zero-order valence-corrected chi connectivity index (χ0v) is 11.9. The van der Waals surface area contributed by atoms with Gasteiger partial charge in [-0.2, -0.15) is 5.10 Å². The van der Waals surface area contributed by atoms with Crippen molar-refractivity contribution in [2.45, 2.75) is 50.7 Å². The highest BCUT2D eigenvalue weighted by molar-refractivity contribution is 5.88. The molecule has 0 aromatic carbocycles. The summed E-state index contributed by atoms with van der Waals surface area (Å²) in [5.41, 5.74) is 1.69. The van der Waals surface area contributed by atoms with Gasteiger partial charge in [0.15, 0.2) is 0 Å². The summed E-state index contributed by atoms with van der Waals surface area (Å²) >= 11 is 0. The maximum Gasteiger partial charge on any atom is 0.307 e. The number of hydrogen-bond donors (Lipinski definition) is 1. The molecule has 1 N–H and O–H groups in total. The highest BCUT2D eigenvalue weighted by Crippen LogP contribution is 2.46. The zero-order valence-electron chi connectivity index (χ0n) is 11.9. The van der Waals surface area contributed by atoms with Crippen LogP contribution >= 0.6 is 0 Å². The molecule has 6 nitrogen and oxygen atoms in total. The standard InChI is InChI=1S/C15H19N3O3/c19-13-7-11(15(21-13)4-1-2-5-15)14(20)18-6-3-12-10(9-18)8-16-17-12/h8,11H,1-7,9H2,(H,16,17). The maximum atomic E-state index is 12.9. The average molecular weight is 289 g/mol. The first-order valence-electron chi connectivity index (χ1n) is 7.70. The SMILES string of the molecule is O=C1CC(C(=O)N2CCc3[nH]ncc3C2)C2(CCCC2)O1. The smallest absolute Gasteiger partial charge is 0.307 e. The summed E-state index contributed by atoms with van der Waals surface area (Å²) < 4.78 is 5.58. The number of H-pyrrole nitrogens is 1. The van der Waals surface area contributed by atoms with Gasteiger partial charge in [0.25, 0.3) is 0 Å². The molecule has 6 heteroatoms. The summed E-state index contributed by atoms with van der Waals surface area (Å²) in [5.74, 6) is -0.424. The van der Waals surface area contributed by atoms with E-state index in [1.165, 1.54) is 0 Å². The molecule has 1 saturated carbocycles. The molecule has 1 unspecified atom stereocenters. The van der Waals surface area contributed by atoms with Gasteiger partial charge in [-0.15, -0.1) is 0 Å². The molecule has 1 amide bonds. The molecule has 1 spiro atoms. The number of nitrogens with zero attached hydrogens (tertiary/aromatic N) is 2. The normalized spacial score (nSPS) is 27.0. The Morgan fingerprint density at radius 2 is 2.24 bits per heavy atom. The van der Waals surface area contributed by atoms with Gasteiger partial charge in [0.2, 0.25) is 5.91 Å². The summed E-state index contributed by atoms with van der Waals surface area (Å²) in [6.07, 6.45) is 6.59. The number of carbonyl (C=O) groups excluding carboxylic acids is 2. The van der Waals surface area contributed by atoms with Crippen LogP contribution in [-0.2, 0) is 27.3 Å². The molecule has 0 radical (unpaired) electrons. The molecule has 0 bridgehead atoms. The van der Waals surface area contributed by atoms with Crippen molar-refractivity contribution in [3.63, 3.8) is 0 Å². The molecule has 1 saturated heterocycles. The van der Waals surface area contributed by atoms with Gasteiger partial charge in [-0.25, -0.2) is 0 Å². The number of esters is 1. The van der Waals surface area contributed by atoms with Crippen LogP contribution in [0.2, 0.25) is 0 Å². The quantitative estimate of drug-likeness (QED) is 0.787. The molecular weight excluding hydrogens is 270 g/mol. The van der Waals surface area contributed by atoms with Gasteiger partial charge in [-0.05, 0) is 25.7 Å². The molecule has 3 aliphatic rings. The van der Waals surface area contributed by atoms with Crippen LogP contribution in [0.3, 0.4) is 0 Å². The van der Waals surface area contributed by atoms with Gasteiger partial charge >= 0.3 is 5.97 Å². The summed E-state index contributed by atoms with van der Waals surface area (Å²) in [4.78, 5) is 26.5. The number of fused-ring (bicyclic) bond motifs is 1. The van der Waals surface area contributed by atoms with Gasteiger partial charge in [0.05, 0.1) is 18.5 Å².